The van der Waals surface area contributed by atoms with Gasteiger partial charge in [0.05, 0.1) is 0 Å². The van der Waals surface area contributed by atoms with Gasteiger partial charge in [-0.05, 0) is 62.5 Å². The Morgan fingerprint density at radius 3 is 2.17 bits per heavy atom. The Bertz CT molecular complexity index is 1550. The van der Waals surface area contributed by atoms with Crippen molar-refractivity contribution in [3.8, 4) is 22.5 Å². The van der Waals surface area contributed by atoms with E-state index >= 15 is 0 Å². The zero-order valence-electron chi connectivity index (χ0n) is 16.0. The fraction of sp³-hybridized carbons (Fsp3) is 0. The summed E-state index contributed by atoms with van der Waals surface area (Å²) in [7, 11) is 0. The lowest BCUT2D eigenvalue weighted by Crippen LogP contribution is -1.93. The largest absolute Gasteiger partial charge is 0.281 e. The average Bonchev–Trinajstić information content (AvgIpc) is 3.23. The Morgan fingerprint density at radius 1 is 0.633 bits per heavy atom. The molecule has 0 aliphatic carbocycles. The van der Waals surface area contributed by atoms with Gasteiger partial charge in [0.1, 0.15) is 0 Å². The summed E-state index contributed by atoms with van der Waals surface area (Å²) in [6, 6.07) is 32.0. The van der Waals surface area contributed by atoms with Crippen LogP contribution in [0.4, 0.5) is 0 Å². The number of hydrogen-bond acceptors (Lipinski definition) is 2. The molecule has 0 bridgehead atoms. The van der Waals surface area contributed by atoms with Gasteiger partial charge in [-0.2, -0.15) is 0 Å². The second-order valence-corrected chi connectivity index (χ2v) is 8.62. The molecule has 0 atom stereocenters. The summed E-state index contributed by atoms with van der Waals surface area (Å²) in [6.45, 7) is 0. The van der Waals surface area contributed by atoms with E-state index in [1.54, 1.807) is 0 Å². The lowest BCUT2D eigenvalue weighted by atomic mass is 9.98. The van der Waals surface area contributed by atoms with Gasteiger partial charge in [-0.25, -0.2) is 0 Å². The molecule has 0 radical (unpaired) electrons. The summed E-state index contributed by atoms with van der Waals surface area (Å²) in [5.41, 5.74) is 4.30. The molecule has 3 nitrogen and oxygen atoms in total. The van der Waals surface area contributed by atoms with E-state index in [4.69, 9.17) is 0 Å². The molecule has 0 spiro atoms. The molecule has 2 aromatic heterocycles. The normalized spacial score (nSPS) is 11.5. The third kappa shape index (κ3) is 2.79. The molecule has 0 amide bonds. The Kier molecular flexibility index (Phi) is 4.06. The highest BCUT2D eigenvalue weighted by molar-refractivity contribution is 14.1. The number of rotatable bonds is 2. The van der Waals surface area contributed by atoms with Crippen LogP contribution in [0.2, 0.25) is 0 Å². The van der Waals surface area contributed by atoms with Gasteiger partial charge in [0.2, 0.25) is 0 Å². The van der Waals surface area contributed by atoms with Crippen molar-refractivity contribution in [3.63, 3.8) is 0 Å². The van der Waals surface area contributed by atoms with Gasteiger partial charge < -0.3 is 0 Å². The van der Waals surface area contributed by atoms with Crippen molar-refractivity contribution in [2.75, 3.05) is 0 Å². The molecule has 6 rings (SSSR count). The van der Waals surface area contributed by atoms with Gasteiger partial charge in [0.25, 0.3) is 0 Å². The number of halogens is 1. The van der Waals surface area contributed by atoms with E-state index < -0.39 is 0 Å². The van der Waals surface area contributed by atoms with E-state index in [-0.39, 0.29) is 0 Å². The molecule has 0 aliphatic rings. The number of fused-ring (bicyclic) bond motifs is 4. The van der Waals surface area contributed by atoms with Gasteiger partial charge in [0.15, 0.2) is 11.5 Å². The van der Waals surface area contributed by atoms with Gasteiger partial charge in [-0.15, -0.1) is 10.2 Å². The topological polar surface area (TPSA) is 30.2 Å². The second-order valence-electron chi connectivity index (χ2n) is 7.37. The fourth-order valence-corrected chi connectivity index (χ4v) is 4.45. The minimum atomic E-state index is 0.856. The number of nitrogens with zero attached hydrogens (tertiary/aromatic N) is 3. The number of pyridine rings is 1. The van der Waals surface area contributed by atoms with Crippen LogP contribution in [0.1, 0.15) is 0 Å². The summed E-state index contributed by atoms with van der Waals surface area (Å²) < 4.78 is 3.32. The molecule has 0 fully saturated rings. The van der Waals surface area contributed by atoms with Crippen molar-refractivity contribution >= 4 is 49.8 Å². The van der Waals surface area contributed by atoms with Crippen LogP contribution in [0.25, 0.3) is 49.7 Å². The number of hydrogen-bond donors (Lipinski definition) is 0. The Balaban J connectivity index is 1.67. The third-order valence-electron chi connectivity index (χ3n) is 5.58. The molecule has 30 heavy (non-hydrogen) atoms. The average molecular weight is 497 g/mol. The zero-order chi connectivity index (χ0) is 20.1. The van der Waals surface area contributed by atoms with Crippen LogP contribution in [-0.2, 0) is 0 Å². The van der Waals surface area contributed by atoms with E-state index in [0.29, 0.717) is 0 Å². The fourth-order valence-electron chi connectivity index (χ4n) is 4.09. The summed E-state index contributed by atoms with van der Waals surface area (Å²) in [6.07, 6.45) is 2.18. The first-order valence-corrected chi connectivity index (χ1v) is 10.9. The summed E-state index contributed by atoms with van der Waals surface area (Å²) >= 11 is 2.32. The summed E-state index contributed by atoms with van der Waals surface area (Å²) in [5.74, 6) is 0.856. The van der Waals surface area contributed by atoms with Crippen molar-refractivity contribution in [1.29, 1.82) is 0 Å². The highest BCUT2D eigenvalue weighted by Crippen LogP contribution is 2.34. The van der Waals surface area contributed by atoms with Gasteiger partial charge in [0, 0.05) is 26.3 Å². The maximum atomic E-state index is 4.54. The Morgan fingerprint density at radius 2 is 1.33 bits per heavy atom. The van der Waals surface area contributed by atoms with Crippen LogP contribution in [0.15, 0.2) is 97.2 Å². The Hall–Kier alpha value is -3.25. The van der Waals surface area contributed by atoms with Gasteiger partial charge >= 0.3 is 0 Å². The van der Waals surface area contributed by atoms with Gasteiger partial charge in [-0.1, -0.05) is 72.8 Å². The quantitative estimate of drug-likeness (QED) is 0.242. The zero-order valence-corrected chi connectivity index (χ0v) is 18.1. The molecule has 0 saturated carbocycles. The summed E-state index contributed by atoms with van der Waals surface area (Å²) in [5, 5.41) is 13.9. The van der Waals surface area contributed by atoms with E-state index in [1.165, 1.54) is 30.9 Å². The molecule has 4 heteroatoms. The highest BCUT2D eigenvalue weighted by atomic mass is 127. The number of aromatic nitrogens is 3. The minimum Gasteiger partial charge on any atom is -0.281 e. The van der Waals surface area contributed by atoms with E-state index in [9.17, 15) is 0 Å². The standard InChI is InChI=1S/C26H16IN3/c27-21-13-11-18(12-14-21)25-28-29-26-23-8-4-3-7-22(23)24(16-30(25)26)20-10-9-17-5-1-2-6-19(17)15-20/h1-16H. The third-order valence-corrected chi connectivity index (χ3v) is 6.29. The van der Waals surface area contributed by atoms with E-state index in [0.717, 1.165) is 22.4 Å². The van der Waals surface area contributed by atoms with Crippen LogP contribution in [0.5, 0.6) is 0 Å². The molecule has 6 aromatic rings. The molecule has 0 unspecified atom stereocenters. The van der Waals surface area contributed by atoms with Crippen LogP contribution in [0.3, 0.4) is 0 Å². The molecular formula is C26H16IN3. The first-order valence-electron chi connectivity index (χ1n) is 9.79. The molecule has 4 aromatic carbocycles. The highest BCUT2D eigenvalue weighted by Gasteiger charge is 2.15. The lowest BCUT2D eigenvalue weighted by Gasteiger charge is -2.11. The van der Waals surface area contributed by atoms with E-state index in [1.807, 2.05) is 0 Å². The van der Waals surface area contributed by atoms with Crippen molar-refractivity contribution in [3.05, 3.63) is 101 Å². The smallest absolute Gasteiger partial charge is 0.169 e. The SMILES string of the molecule is Ic1ccc(-c2nnc3c4ccccc4c(-c4ccc5ccccc5c4)cn23)cc1. The first kappa shape index (κ1) is 17.6. The summed E-state index contributed by atoms with van der Waals surface area (Å²) in [4.78, 5) is 0. The minimum absolute atomic E-state index is 0.856. The number of benzene rings is 4. The van der Waals surface area contributed by atoms with Crippen LogP contribution < -0.4 is 0 Å². The maximum absolute atomic E-state index is 4.54. The van der Waals surface area contributed by atoms with Crippen LogP contribution in [0, 0.1) is 3.57 Å². The predicted molar refractivity (Wildman–Crippen MR) is 132 cm³/mol. The lowest BCUT2D eigenvalue weighted by molar-refractivity contribution is 1.11. The van der Waals surface area contributed by atoms with Crippen molar-refractivity contribution in [1.82, 2.24) is 14.6 Å². The first-order chi connectivity index (χ1) is 14.8. The van der Waals surface area contributed by atoms with Gasteiger partial charge in [-0.3, -0.25) is 4.40 Å². The maximum Gasteiger partial charge on any atom is 0.169 e. The van der Waals surface area contributed by atoms with Crippen molar-refractivity contribution in [2.24, 2.45) is 0 Å². The molecule has 2 heterocycles. The monoisotopic (exact) mass is 497 g/mol. The molecule has 0 aliphatic heterocycles. The van der Waals surface area contributed by atoms with Crippen molar-refractivity contribution < 1.29 is 0 Å². The van der Waals surface area contributed by atoms with Crippen LogP contribution in [-0.4, -0.2) is 14.6 Å². The second kappa shape index (κ2) is 6.92. The van der Waals surface area contributed by atoms with E-state index in [2.05, 4.69) is 134 Å². The molecular weight excluding hydrogens is 481 g/mol. The predicted octanol–water partition coefficient (Wildman–Crippen LogP) is 6.97. The van der Waals surface area contributed by atoms with Crippen LogP contribution >= 0.6 is 22.6 Å². The van der Waals surface area contributed by atoms with Crippen molar-refractivity contribution in [2.45, 2.75) is 0 Å². The Labute approximate surface area is 187 Å². The molecule has 0 saturated heterocycles. The molecule has 142 valence electrons. The molecule has 0 N–H and O–H groups in total.